The van der Waals surface area contributed by atoms with Gasteiger partial charge >= 0.3 is 0 Å². The molecule has 1 heterocycles. The van der Waals surface area contributed by atoms with E-state index >= 15 is 0 Å². The zero-order valence-corrected chi connectivity index (χ0v) is 16.5. The lowest BCUT2D eigenvalue weighted by atomic mass is 10.1. The van der Waals surface area contributed by atoms with E-state index in [9.17, 15) is 18.8 Å². The number of unbranched alkanes of at least 4 members (excludes halogenated alkanes) is 1. The third-order valence-electron chi connectivity index (χ3n) is 4.29. The maximum atomic E-state index is 13.7. The van der Waals surface area contributed by atoms with E-state index in [0.717, 1.165) is 12.8 Å². The van der Waals surface area contributed by atoms with Crippen molar-refractivity contribution in [3.05, 3.63) is 36.0 Å². The molecule has 0 unspecified atom stereocenters. The number of nitrogens with one attached hydrogen (secondary N) is 2. The van der Waals surface area contributed by atoms with Gasteiger partial charge in [0.2, 0.25) is 11.8 Å². The maximum Gasteiger partial charge on any atom is 0.293 e. The number of halogens is 1. The van der Waals surface area contributed by atoms with E-state index in [-0.39, 0.29) is 31.4 Å². The van der Waals surface area contributed by atoms with Gasteiger partial charge in [0.05, 0.1) is 30.5 Å². The Morgan fingerprint density at radius 3 is 2.90 bits per heavy atom. The Morgan fingerprint density at radius 2 is 2.17 bits per heavy atom. The number of amides is 2. The molecule has 0 bridgehead atoms. The lowest BCUT2D eigenvalue weighted by molar-refractivity contribution is -0.134. The number of imidazole rings is 1. The number of aromatic nitrogens is 2. The fourth-order valence-electron chi connectivity index (χ4n) is 2.63. The first-order chi connectivity index (χ1) is 13.9. The first kappa shape index (κ1) is 22.1. The largest absolute Gasteiger partial charge is 0.466 e. The van der Waals surface area contributed by atoms with Crippen molar-refractivity contribution in [2.45, 2.75) is 32.6 Å². The molecule has 0 saturated carbocycles. The van der Waals surface area contributed by atoms with Crippen LogP contribution >= 0.6 is 0 Å². The molecular formula is C20H25FN4O4. The highest BCUT2D eigenvalue weighted by Crippen LogP contribution is 2.28. The summed E-state index contributed by atoms with van der Waals surface area (Å²) in [5.74, 6) is -0.422. The molecule has 0 saturated heterocycles. The van der Waals surface area contributed by atoms with Crippen molar-refractivity contribution in [1.82, 2.24) is 14.9 Å². The first-order valence-corrected chi connectivity index (χ1v) is 9.37. The summed E-state index contributed by atoms with van der Waals surface area (Å²) in [6, 6.07) is 4.10. The normalized spacial score (nSPS) is 10.4. The Bertz CT molecular complexity index is 853. The molecule has 2 aromatic rings. The van der Waals surface area contributed by atoms with E-state index in [4.69, 9.17) is 0 Å². The number of likely N-dealkylation sites (N-methyl/N-ethyl adjacent to an activating group) is 1. The van der Waals surface area contributed by atoms with Crippen LogP contribution in [0.5, 0.6) is 0 Å². The van der Waals surface area contributed by atoms with Crippen molar-refractivity contribution < 1.29 is 23.5 Å². The zero-order chi connectivity index (χ0) is 21.2. The molecule has 8 nitrogen and oxygen atoms in total. The summed E-state index contributed by atoms with van der Waals surface area (Å²) < 4.78 is 18.3. The van der Waals surface area contributed by atoms with Crippen LogP contribution in [0.15, 0.2) is 24.4 Å². The van der Waals surface area contributed by atoms with Gasteiger partial charge in [0.25, 0.3) is 6.47 Å². The van der Waals surface area contributed by atoms with Gasteiger partial charge in [-0.15, -0.1) is 0 Å². The third-order valence-corrected chi connectivity index (χ3v) is 4.29. The molecular weight excluding hydrogens is 379 g/mol. The van der Waals surface area contributed by atoms with Crippen LogP contribution < -0.4 is 5.32 Å². The minimum atomic E-state index is -0.464. The molecule has 2 N–H and O–H groups in total. The maximum absolute atomic E-state index is 13.7. The molecule has 2 amide bonds. The molecule has 156 valence electrons. The van der Waals surface area contributed by atoms with Crippen molar-refractivity contribution in [1.29, 1.82) is 0 Å². The SMILES string of the molecule is CCCCC(=O)Nc1cc(F)ccc1-c1cnc(CC(=O)N(C)CCOC=O)[nH]1. The number of hydrogen-bond acceptors (Lipinski definition) is 5. The van der Waals surface area contributed by atoms with E-state index in [1.54, 1.807) is 13.1 Å². The monoisotopic (exact) mass is 404 g/mol. The summed E-state index contributed by atoms with van der Waals surface area (Å²) in [5.41, 5.74) is 1.48. The molecule has 2 rings (SSSR count). The van der Waals surface area contributed by atoms with Crippen molar-refractivity contribution in [2.24, 2.45) is 0 Å². The van der Waals surface area contributed by atoms with Gasteiger partial charge in [-0.1, -0.05) is 13.3 Å². The van der Waals surface area contributed by atoms with Crippen LogP contribution in [-0.4, -0.2) is 53.4 Å². The number of ether oxygens (including phenoxy) is 1. The number of aromatic amines is 1. The minimum absolute atomic E-state index is 0.0248. The predicted octanol–water partition coefficient (Wildman–Crippen LogP) is 2.52. The average Bonchev–Trinajstić information content (AvgIpc) is 3.14. The molecule has 0 radical (unpaired) electrons. The number of hydrogen-bond donors (Lipinski definition) is 2. The number of carbonyl (C=O) groups excluding carboxylic acids is 3. The molecule has 9 heteroatoms. The summed E-state index contributed by atoms with van der Waals surface area (Å²) in [7, 11) is 1.60. The molecule has 0 atom stereocenters. The van der Waals surface area contributed by atoms with Crippen LogP contribution in [0.4, 0.5) is 10.1 Å². The second-order valence-electron chi connectivity index (χ2n) is 6.54. The Labute approximate surface area is 168 Å². The van der Waals surface area contributed by atoms with Crippen LogP contribution in [0.1, 0.15) is 32.0 Å². The predicted molar refractivity (Wildman–Crippen MR) is 105 cm³/mol. The standard InChI is InChI=1S/C20H25FN4O4/c1-3-4-5-19(27)24-16-10-14(21)6-7-15(16)17-12-22-18(23-17)11-20(28)25(2)8-9-29-13-26/h6-7,10,12-13H,3-5,8-9,11H2,1-2H3,(H,22,23)(H,24,27). The number of nitrogens with zero attached hydrogens (tertiary/aromatic N) is 2. The summed E-state index contributed by atoms with van der Waals surface area (Å²) in [5, 5.41) is 2.74. The Balaban J connectivity index is 2.10. The van der Waals surface area contributed by atoms with Crippen molar-refractivity contribution in [2.75, 3.05) is 25.5 Å². The highest BCUT2D eigenvalue weighted by atomic mass is 19.1. The molecule has 0 aliphatic carbocycles. The highest BCUT2D eigenvalue weighted by molar-refractivity contribution is 5.95. The molecule has 1 aromatic heterocycles. The first-order valence-electron chi connectivity index (χ1n) is 9.37. The highest BCUT2D eigenvalue weighted by Gasteiger charge is 2.15. The van der Waals surface area contributed by atoms with Crippen LogP contribution in [0.3, 0.4) is 0 Å². The van der Waals surface area contributed by atoms with Gasteiger partial charge in [0.1, 0.15) is 18.2 Å². The van der Waals surface area contributed by atoms with Gasteiger partial charge in [-0.3, -0.25) is 14.4 Å². The van der Waals surface area contributed by atoms with Gasteiger partial charge < -0.3 is 19.9 Å². The van der Waals surface area contributed by atoms with E-state index < -0.39 is 5.82 Å². The van der Waals surface area contributed by atoms with Crippen molar-refractivity contribution in [3.8, 4) is 11.3 Å². The fourth-order valence-corrected chi connectivity index (χ4v) is 2.63. The third kappa shape index (κ3) is 6.70. The van der Waals surface area contributed by atoms with Gasteiger partial charge in [0, 0.05) is 19.0 Å². The Kier molecular flexibility index (Phi) is 8.32. The van der Waals surface area contributed by atoms with Gasteiger partial charge in [0.15, 0.2) is 0 Å². The van der Waals surface area contributed by atoms with Crippen LogP contribution in [0.2, 0.25) is 0 Å². The van der Waals surface area contributed by atoms with Crippen molar-refractivity contribution >= 4 is 24.0 Å². The van der Waals surface area contributed by atoms with Crippen LogP contribution in [0, 0.1) is 5.82 Å². The summed E-state index contributed by atoms with van der Waals surface area (Å²) >= 11 is 0. The molecule has 0 spiro atoms. The Morgan fingerprint density at radius 1 is 1.38 bits per heavy atom. The second kappa shape index (κ2) is 10.9. The summed E-state index contributed by atoms with van der Waals surface area (Å²) in [6.07, 6.45) is 3.55. The Hall–Kier alpha value is -3.23. The van der Waals surface area contributed by atoms with Crippen LogP contribution in [-0.2, 0) is 25.5 Å². The van der Waals surface area contributed by atoms with Crippen LogP contribution in [0.25, 0.3) is 11.3 Å². The van der Waals surface area contributed by atoms with Gasteiger partial charge in [-0.25, -0.2) is 9.37 Å². The molecule has 29 heavy (non-hydrogen) atoms. The summed E-state index contributed by atoms with van der Waals surface area (Å²) in [4.78, 5) is 43.1. The number of rotatable bonds is 11. The van der Waals surface area contributed by atoms with E-state index in [1.165, 1.54) is 23.2 Å². The van der Waals surface area contributed by atoms with E-state index in [0.29, 0.717) is 35.7 Å². The number of benzene rings is 1. The van der Waals surface area contributed by atoms with E-state index in [1.807, 2.05) is 6.92 Å². The fraction of sp³-hybridized carbons (Fsp3) is 0.400. The molecule has 0 aliphatic rings. The zero-order valence-electron chi connectivity index (χ0n) is 16.5. The van der Waals surface area contributed by atoms with Gasteiger partial charge in [-0.05, 0) is 24.6 Å². The topological polar surface area (TPSA) is 104 Å². The lowest BCUT2D eigenvalue weighted by Crippen LogP contribution is -2.31. The molecule has 0 aliphatic heterocycles. The summed E-state index contributed by atoms with van der Waals surface area (Å²) in [6.45, 7) is 2.71. The smallest absolute Gasteiger partial charge is 0.293 e. The minimum Gasteiger partial charge on any atom is -0.466 e. The number of H-pyrrole nitrogens is 1. The lowest BCUT2D eigenvalue weighted by Gasteiger charge is -2.15. The van der Waals surface area contributed by atoms with Gasteiger partial charge in [-0.2, -0.15) is 0 Å². The quantitative estimate of drug-likeness (QED) is 0.442. The average molecular weight is 404 g/mol. The van der Waals surface area contributed by atoms with Crippen molar-refractivity contribution in [3.63, 3.8) is 0 Å². The van der Waals surface area contributed by atoms with E-state index in [2.05, 4.69) is 20.0 Å². The number of carbonyl (C=O) groups is 3. The molecule has 0 fully saturated rings. The molecule has 1 aromatic carbocycles. The number of anilines is 1. The second-order valence-corrected chi connectivity index (χ2v) is 6.54.